The number of nitrogens with one attached hydrogen (secondary N) is 1. The van der Waals surface area contributed by atoms with E-state index >= 15 is 0 Å². The Bertz CT molecular complexity index is 876. The summed E-state index contributed by atoms with van der Waals surface area (Å²) in [5, 5.41) is 3.30. The number of carbonyl (C=O) groups is 1. The molecule has 140 valence electrons. The number of nitrogens with zero attached hydrogens (tertiary/aromatic N) is 1. The minimum absolute atomic E-state index is 0.150. The van der Waals surface area contributed by atoms with Gasteiger partial charge in [0.1, 0.15) is 5.75 Å². The molecule has 8 heteroatoms. The van der Waals surface area contributed by atoms with Crippen LogP contribution in [0.25, 0.3) is 0 Å². The minimum Gasteiger partial charge on any atom is -0.478 e. The zero-order valence-corrected chi connectivity index (χ0v) is 16.6. The molecule has 1 N–H and O–H groups in total. The summed E-state index contributed by atoms with van der Waals surface area (Å²) in [6.45, 7) is 3.28. The van der Waals surface area contributed by atoms with Gasteiger partial charge in [0, 0.05) is 24.8 Å². The Morgan fingerprint density at radius 3 is 2.08 bits per heavy atom. The Hall–Kier alpha value is -2.09. The summed E-state index contributed by atoms with van der Waals surface area (Å²) >= 11 is 5.84. The lowest BCUT2D eigenvalue weighted by atomic mass is 10.1. The number of rotatable bonds is 6. The molecule has 0 aliphatic carbocycles. The van der Waals surface area contributed by atoms with Crippen molar-refractivity contribution >= 4 is 33.2 Å². The highest BCUT2D eigenvalue weighted by Crippen LogP contribution is 2.23. The number of hydrogen-bond donors (Lipinski definition) is 1. The van der Waals surface area contributed by atoms with Crippen molar-refractivity contribution in [1.82, 2.24) is 4.31 Å². The molecule has 2 rings (SSSR count). The summed E-state index contributed by atoms with van der Waals surface area (Å²) in [4.78, 5) is 12.7. The predicted octanol–water partition coefficient (Wildman–Crippen LogP) is 3.39. The maximum Gasteiger partial charge on any atom is 0.267 e. The molecule has 0 bridgehead atoms. The van der Waals surface area contributed by atoms with E-state index in [1.165, 1.54) is 38.4 Å². The first kappa shape index (κ1) is 20.2. The van der Waals surface area contributed by atoms with Gasteiger partial charge < -0.3 is 10.1 Å². The summed E-state index contributed by atoms with van der Waals surface area (Å²) in [7, 11) is -0.590. The molecule has 0 heterocycles. The fourth-order valence-corrected chi connectivity index (χ4v) is 3.07. The maximum atomic E-state index is 12.5. The molecule has 0 aliphatic rings. The number of hydrogen-bond acceptors (Lipinski definition) is 4. The Kier molecular flexibility index (Phi) is 5.95. The molecule has 6 nitrogen and oxygen atoms in total. The molecule has 26 heavy (non-hydrogen) atoms. The fourth-order valence-electron chi connectivity index (χ4n) is 2.05. The number of carbonyl (C=O) groups excluding carboxylic acids is 1. The molecule has 0 atom stereocenters. The van der Waals surface area contributed by atoms with Crippen LogP contribution in [0.4, 0.5) is 5.69 Å². The molecule has 0 unspecified atom stereocenters. The van der Waals surface area contributed by atoms with E-state index in [2.05, 4.69) is 5.32 Å². The molecular formula is C18H21ClN2O4S. The Morgan fingerprint density at radius 2 is 1.58 bits per heavy atom. The van der Waals surface area contributed by atoms with Crippen LogP contribution in [0.3, 0.4) is 0 Å². The van der Waals surface area contributed by atoms with Crippen molar-refractivity contribution in [3.05, 3.63) is 53.6 Å². The predicted molar refractivity (Wildman–Crippen MR) is 102 cm³/mol. The molecule has 0 aliphatic heterocycles. The monoisotopic (exact) mass is 396 g/mol. The third kappa shape index (κ3) is 4.75. The quantitative estimate of drug-likeness (QED) is 0.812. The largest absolute Gasteiger partial charge is 0.478 e. The van der Waals surface area contributed by atoms with Crippen LogP contribution in [-0.2, 0) is 14.8 Å². The van der Waals surface area contributed by atoms with Crippen LogP contribution in [0.15, 0.2) is 53.4 Å². The highest BCUT2D eigenvalue weighted by atomic mass is 35.5. The Morgan fingerprint density at radius 1 is 1.04 bits per heavy atom. The van der Waals surface area contributed by atoms with E-state index in [-0.39, 0.29) is 10.8 Å². The third-order valence-corrected chi connectivity index (χ3v) is 5.71. The smallest absolute Gasteiger partial charge is 0.267 e. The summed E-state index contributed by atoms with van der Waals surface area (Å²) in [5.41, 5.74) is -0.664. The number of halogens is 1. The second-order valence-corrected chi connectivity index (χ2v) is 8.92. The SMILES string of the molecule is CN(C)S(=O)(=O)c1ccc(NC(=O)C(C)(C)Oc2ccc(Cl)cc2)cc1. The maximum absolute atomic E-state index is 12.5. The van der Waals surface area contributed by atoms with E-state index in [1.807, 2.05) is 0 Å². The molecule has 0 spiro atoms. The van der Waals surface area contributed by atoms with Crippen molar-refractivity contribution in [2.24, 2.45) is 0 Å². The van der Waals surface area contributed by atoms with Gasteiger partial charge in [-0.05, 0) is 62.4 Å². The van der Waals surface area contributed by atoms with Crippen molar-refractivity contribution in [3.8, 4) is 5.75 Å². The van der Waals surface area contributed by atoms with E-state index in [0.29, 0.717) is 16.5 Å². The average Bonchev–Trinajstić information content (AvgIpc) is 2.57. The number of sulfonamides is 1. The number of amides is 1. The second kappa shape index (κ2) is 7.65. The molecule has 0 fully saturated rings. The highest BCUT2D eigenvalue weighted by Gasteiger charge is 2.30. The first-order valence-corrected chi connectivity index (χ1v) is 9.63. The van der Waals surface area contributed by atoms with Crippen molar-refractivity contribution < 1.29 is 17.9 Å². The van der Waals surface area contributed by atoms with Crippen LogP contribution in [0.2, 0.25) is 5.02 Å². The van der Waals surface area contributed by atoms with Crippen LogP contribution in [0.1, 0.15) is 13.8 Å². The summed E-state index contributed by atoms with van der Waals surface area (Å²) in [6.07, 6.45) is 0. The van der Waals surface area contributed by atoms with Crippen LogP contribution < -0.4 is 10.1 Å². The number of anilines is 1. The highest BCUT2D eigenvalue weighted by molar-refractivity contribution is 7.89. The third-order valence-electron chi connectivity index (χ3n) is 3.62. The molecule has 2 aromatic carbocycles. The average molecular weight is 397 g/mol. The van der Waals surface area contributed by atoms with Gasteiger partial charge in [0.05, 0.1) is 4.90 Å². The van der Waals surface area contributed by atoms with Gasteiger partial charge in [-0.1, -0.05) is 11.6 Å². The topological polar surface area (TPSA) is 75.7 Å². The fraction of sp³-hybridized carbons (Fsp3) is 0.278. The standard InChI is InChI=1S/C18H21ClN2O4S/c1-18(2,25-15-9-5-13(19)6-10-15)17(22)20-14-7-11-16(12-8-14)26(23,24)21(3)4/h5-12H,1-4H3,(H,20,22). The lowest BCUT2D eigenvalue weighted by molar-refractivity contribution is -0.128. The first-order valence-electron chi connectivity index (χ1n) is 7.81. The van der Waals surface area contributed by atoms with E-state index in [0.717, 1.165) is 4.31 Å². The van der Waals surface area contributed by atoms with Crippen molar-refractivity contribution in [2.45, 2.75) is 24.3 Å². The van der Waals surface area contributed by atoms with Crippen LogP contribution in [0, 0.1) is 0 Å². The van der Waals surface area contributed by atoms with Gasteiger partial charge in [-0.2, -0.15) is 0 Å². The van der Waals surface area contributed by atoms with Gasteiger partial charge >= 0.3 is 0 Å². The second-order valence-electron chi connectivity index (χ2n) is 6.33. The van der Waals surface area contributed by atoms with Crippen LogP contribution >= 0.6 is 11.6 Å². The minimum atomic E-state index is -3.51. The summed E-state index contributed by atoms with van der Waals surface area (Å²) < 4.78 is 31.0. The van der Waals surface area contributed by atoms with Crippen LogP contribution in [-0.4, -0.2) is 38.3 Å². The summed E-state index contributed by atoms with van der Waals surface area (Å²) in [5.74, 6) is 0.151. The van der Waals surface area contributed by atoms with Gasteiger partial charge in [-0.25, -0.2) is 12.7 Å². The van der Waals surface area contributed by atoms with Gasteiger partial charge in [0.25, 0.3) is 5.91 Å². The van der Waals surface area contributed by atoms with Gasteiger partial charge in [0.2, 0.25) is 10.0 Å². The molecule has 1 amide bonds. The van der Waals surface area contributed by atoms with Crippen LogP contribution in [0.5, 0.6) is 5.75 Å². The van der Waals surface area contributed by atoms with Crippen molar-refractivity contribution in [1.29, 1.82) is 0 Å². The number of ether oxygens (including phenoxy) is 1. The molecule has 0 aromatic heterocycles. The molecule has 0 saturated heterocycles. The number of benzene rings is 2. The lowest BCUT2D eigenvalue weighted by Gasteiger charge is -2.25. The van der Waals surface area contributed by atoms with Gasteiger partial charge in [0.15, 0.2) is 5.60 Å². The molecule has 2 aromatic rings. The summed E-state index contributed by atoms with van der Waals surface area (Å²) in [6, 6.07) is 12.7. The molecule has 0 saturated carbocycles. The van der Waals surface area contributed by atoms with E-state index in [4.69, 9.17) is 16.3 Å². The zero-order valence-electron chi connectivity index (χ0n) is 15.0. The Labute approximate surface area is 158 Å². The first-order chi connectivity index (χ1) is 12.0. The van der Waals surface area contributed by atoms with E-state index < -0.39 is 15.6 Å². The van der Waals surface area contributed by atoms with E-state index in [9.17, 15) is 13.2 Å². The van der Waals surface area contributed by atoms with Crippen molar-refractivity contribution in [2.75, 3.05) is 19.4 Å². The van der Waals surface area contributed by atoms with Gasteiger partial charge in [-0.15, -0.1) is 0 Å². The molecular weight excluding hydrogens is 376 g/mol. The normalized spacial score (nSPS) is 12.1. The zero-order chi connectivity index (χ0) is 19.5. The van der Waals surface area contributed by atoms with Gasteiger partial charge in [-0.3, -0.25) is 4.79 Å². The Balaban J connectivity index is 2.09. The van der Waals surface area contributed by atoms with Crippen molar-refractivity contribution in [3.63, 3.8) is 0 Å². The molecule has 0 radical (unpaired) electrons. The lowest BCUT2D eigenvalue weighted by Crippen LogP contribution is -2.42. The van der Waals surface area contributed by atoms with E-state index in [1.54, 1.807) is 38.1 Å².